The molecule has 0 radical (unpaired) electrons. The van der Waals surface area contributed by atoms with Crippen LogP contribution < -0.4 is 15.4 Å². The van der Waals surface area contributed by atoms with Crippen molar-refractivity contribution in [1.82, 2.24) is 5.32 Å². The van der Waals surface area contributed by atoms with Crippen LogP contribution in [-0.2, 0) is 10.3 Å². The van der Waals surface area contributed by atoms with E-state index in [2.05, 4.69) is 32.5 Å². The molecule has 2 aromatic carbocycles. The SMILES string of the molecule is C#CCOc1ccc(Br)cc1[C@@H]1[C@H](C)N[C@@]2(C(=O)Nc3ccccc32)[C@H]1[N+](=O)[O-]. The molecule has 2 aromatic rings. The third-order valence-electron chi connectivity index (χ3n) is 5.61. The molecule has 2 heterocycles. The second-order valence-corrected chi connectivity index (χ2v) is 8.09. The summed E-state index contributed by atoms with van der Waals surface area (Å²) in [6.45, 7) is 1.89. The number of hydrogen-bond donors (Lipinski definition) is 2. The number of nitro groups is 1. The van der Waals surface area contributed by atoms with Crippen LogP contribution in [0.4, 0.5) is 5.69 Å². The highest BCUT2D eigenvalue weighted by atomic mass is 79.9. The van der Waals surface area contributed by atoms with E-state index in [0.717, 1.165) is 4.47 Å². The maximum Gasteiger partial charge on any atom is 0.256 e. The molecule has 1 saturated heterocycles. The van der Waals surface area contributed by atoms with Gasteiger partial charge < -0.3 is 10.1 Å². The summed E-state index contributed by atoms with van der Waals surface area (Å²) >= 11 is 3.44. The first-order chi connectivity index (χ1) is 13.9. The number of carbonyl (C=O) groups excluding carboxylic acids is 1. The van der Waals surface area contributed by atoms with Gasteiger partial charge in [-0.05, 0) is 31.2 Å². The molecule has 2 aliphatic rings. The number of carbonyl (C=O) groups is 1. The summed E-state index contributed by atoms with van der Waals surface area (Å²) in [6, 6.07) is 10.8. The quantitative estimate of drug-likeness (QED) is 0.419. The molecule has 2 aliphatic heterocycles. The number of nitrogens with zero attached hydrogens (tertiary/aromatic N) is 1. The average molecular weight is 456 g/mol. The van der Waals surface area contributed by atoms with Gasteiger partial charge in [0.15, 0.2) is 5.54 Å². The topological polar surface area (TPSA) is 93.5 Å². The van der Waals surface area contributed by atoms with E-state index in [1.807, 2.05) is 6.92 Å². The molecule has 148 valence electrons. The van der Waals surface area contributed by atoms with Gasteiger partial charge in [0.1, 0.15) is 12.4 Å². The van der Waals surface area contributed by atoms with Crippen LogP contribution in [0.3, 0.4) is 0 Å². The van der Waals surface area contributed by atoms with E-state index in [1.54, 1.807) is 42.5 Å². The number of nitrogens with one attached hydrogen (secondary N) is 2. The summed E-state index contributed by atoms with van der Waals surface area (Å²) < 4.78 is 6.43. The van der Waals surface area contributed by atoms with Gasteiger partial charge in [0, 0.05) is 32.3 Å². The van der Waals surface area contributed by atoms with E-state index >= 15 is 0 Å². The van der Waals surface area contributed by atoms with Crippen molar-refractivity contribution in [3.05, 3.63) is 68.2 Å². The van der Waals surface area contributed by atoms with E-state index < -0.39 is 23.4 Å². The zero-order valence-corrected chi connectivity index (χ0v) is 17.1. The van der Waals surface area contributed by atoms with Crippen molar-refractivity contribution in [2.24, 2.45) is 0 Å². The highest BCUT2D eigenvalue weighted by Crippen LogP contribution is 2.51. The standard InChI is InChI=1S/C21H18BrN3O4/c1-3-10-29-17-9-8-13(22)11-14(17)18-12(2)24-21(19(18)25(27)28)15-6-4-5-7-16(15)23-20(21)26/h1,4-9,11-12,18-19,24H,10H2,2H3,(H,23,26)/t12-,18-,19-,21+/m0/s1. The minimum absolute atomic E-state index is 0.0424. The van der Waals surface area contributed by atoms with Crippen molar-refractivity contribution in [1.29, 1.82) is 0 Å². The van der Waals surface area contributed by atoms with Crippen molar-refractivity contribution < 1.29 is 14.5 Å². The van der Waals surface area contributed by atoms with Crippen molar-refractivity contribution in [3.63, 3.8) is 0 Å². The van der Waals surface area contributed by atoms with E-state index in [4.69, 9.17) is 11.2 Å². The molecule has 29 heavy (non-hydrogen) atoms. The highest BCUT2D eigenvalue weighted by Gasteiger charge is 2.67. The minimum Gasteiger partial charge on any atom is -0.481 e. The van der Waals surface area contributed by atoms with E-state index in [-0.39, 0.29) is 17.6 Å². The summed E-state index contributed by atoms with van der Waals surface area (Å²) in [6.07, 6.45) is 5.32. The van der Waals surface area contributed by atoms with Crippen LogP contribution in [0.25, 0.3) is 0 Å². The molecule has 4 atom stereocenters. The van der Waals surface area contributed by atoms with Gasteiger partial charge in [-0.2, -0.15) is 0 Å². The normalized spacial score (nSPS) is 27.3. The number of fused-ring (bicyclic) bond motifs is 2. The van der Waals surface area contributed by atoms with Crippen LogP contribution in [0.5, 0.6) is 5.75 Å². The van der Waals surface area contributed by atoms with Crippen molar-refractivity contribution in [2.45, 2.75) is 30.5 Å². The zero-order valence-electron chi connectivity index (χ0n) is 15.5. The van der Waals surface area contributed by atoms with Crippen LogP contribution in [0.15, 0.2) is 46.9 Å². The first-order valence-electron chi connectivity index (χ1n) is 9.08. The Balaban J connectivity index is 1.89. The number of hydrogen-bond acceptors (Lipinski definition) is 5. The molecule has 0 aromatic heterocycles. The van der Waals surface area contributed by atoms with Crippen LogP contribution in [0.2, 0.25) is 0 Å². The molecule has 0 aliphatic carbocycles. The van der Waals surface area contributed by atoms with Crippen molar-refractivity contribution in [3.8, 4) is 18.1 Å². The predicted octanol–water partition coefficient (Wildman–Crippen LogP) is 3.03. The monoisotopic (exact) mass is 455 g/mol. The third-order valence-corrected chi connectivity index (χ3v) is 6.10. The Kier molecular flexibility index (Phi) is 4.81. The van der Waals surface area contributed by atoms with Gasteiger partial charge in [-0.3, -0.25) is 20.2 Å². The molecule has 8 heteroatoms. The smallest absolute Gasteiger partial charge is 0.256 e. The summed E-state index contributed by atoms with van der Waals surface area (Å²) in [5.74, 6) is 1.85. The highest BCUT2D eigenvalue weighted by molar-refractivity contribution is 9.10. The lowest BCUT2D eigenvalue weighted by molar-refractivity contribution is -0.532. The molecule has 1 spiro atoms. The number of rotatable bonds is 4. The van der Waals surface area contributed by atoms with Crippen LogP contribution in [0.1, 0.15) is 24.0 Å². The number of terminal acetylenes is 1. The van der Waals surface area contributed by atoms with Crippen LogP contribution in [0, 0.1) is 22.5 Å². The first-order valence-corrected chi connectivity index (χ1v) is 9.87. The van der Waals surface area contributed by atoms with Gasteiger partial charge in [0.25, 0.3) is 11.9 Å². The van der Waals surface area contributed by atoms with E-state index in [1.165, 1.54) is 0 Å². The number of halogens is 1. The number of benzene rings is 2. The largest absolute Gasteiger partial charge is 0.481 e. The summed E-state index contributed by atoms with van der Waals surface area (Å²) in [5, 5.41) is 18.4. The fraction of sp³-hybridized carbons (Fsp3) is 0.286. The number of ether oxygens (including phenoxy) is 1. The van der Waals surface area contributed by atoms with Gasteiger partial charge in [-0.25, -0.2) is 0 Å². The molecule has 1 fully saturated rings. The fourth-order valence-electron chi connectivity index (χ4n) is 4.55. The molecule has 1 amide bonds. The van der Waals surface area contributed by atoms with Gasteiger partial charge in [-0.1, -0.05) is 40.0 Å². The second-order valence-electron chi connectivity index (χ2n) is 7.17. The van der Waals surface area contributed by atoms with Crippen LogP contribution in [-0.4, -0.2) is 29.5 Å². The molecule has 0 unspecified atom stereocenters. The molecule has 4 rings (SSSR count). The van der Waals surface area contributed by atoms with Crippen molar-refractivity contribution >= 4 is 27.5 Å². The lowest BCUT2D eigenvalue weighted by Gasteiger charge is -2.26. The minimum atomic E-state index is -1.46. The first kappa shape index (κ1) is 19.4. The lowest BCUT2D eigenvalue weighted by atomic mass is 9.78. The Hall–Kier alpha value is -2.89. The van der Waals surface area contributed by atoms with Crippen LogP contribution >= 0.6 is 15.9 Å². The van der Waals surface area contributed by atoms with Gasteiger partial charge in [0.05, 0.1) is 5.92 Å². The average Bonchev–Trinajstić information content (AvgIpc) is 3.15. The Morgan fingerprint density at radius 2 is 2.10 bits per heavy atom. The Bertz CT molecular complexity index is 1050. The summed E-state index contributed by atoms with van der Waals surface area (Å²) in [7, 11) is 0. The molecule has 0 bridgehead atoms. The van der Waals surface area contributed by atoms with E-state index in [9.17, 15) is 14.9 Å². The van der Waals surface area contributed by atoms with Gasteiger partial charge in [0.2, 0.25) is 0 Å². The van der Waals surface area contributed by atoms with E-state index in [0.29, 0.717) is 22.6 Å². The number of anilines is 1. The Morgan fingerprint density at radius 1 is 1.34 bits per heavy atom. The number of amides is 1. The fourth-order valence-corrected chi connectivity index (χ4v) is 4.93. The Morgan fingerprint density at radius 3 is 2.83 bits per heavy atom. The number of para-hydroxylation sites is 1. The van der Waals surface area contributed by atoms with Gasteiger partial charge >= 0.3 is 0 Å². The zero-order chi connectivity index (χ0) is 20.8. The summed E-state index contributed by atoms with van der Waals surface area (Å²) in [4.78, 5) is 25.1. The molecule has 2 N–H and O–H groups in total. The lowest BCUT2D eigenvalue weighted by Crippen LogP contribution is -2.54. The maximum absolute atomic E-state index is 13.1. The molecular weight excluding hydrogens is 438 g/mol. The predicted molar refractivity (Wildman–Crippen MR) is 111 cm³/mol. The molecule has 0 saturated carbocycles. The Labute approximate surface area is 176 Å². The molecular formula is C21H18BrN3O4. The third kappa shape index (κ3) is 2.89. The maximum atomic E-state index is 13.1. The molecule has 7 nitrogen and oxygen atoms in total. The van der Waals surface area contributed by atoms with Crippen molar-refractivity contribution in [2.75, 3.05) is 11.9 Å². The summed E-state index contributed by atoms with van der Waals surface area (Å²) in [5.41, 5.74) is 0.339. The van der Waals surface area contributed by atoms with Gasteiger partial charge in [-0.15, -0.1) is 6.42 Å². The second kappa shape index (κ2) is 7.17.